The van der Waals surface area contributed by atoms with Crippen molar-refractivity contribution in [2.45, 2.75) is 45.6 Å². The Morgan fingerprint density at radius 1 is 1.48 bits per heavy atom. The Bertz CT molecular complexity index is 674. The van der Waals surface area contributed by atoms with Gasteiger partial charge in [-0.25, -0.2) is 4.98 Å². The number of H-pyrrole nitrogens is 1. The highest BCUT2D eigenvalue weighted by molar-refractivity contribution is 5.92. The summed E-state index contributed by atoms with van der Waals surface area (Å²) < 4.78 is 1.61. The molecule has 3 atom stereocenters. The van der Waals surface area contributed by atoms with E-state index in [1.54, 1.807) is 24.0 Å². The molecule has 1 aliphatic carbocycles. The molecule has 0 saturated heterocycles. The number of hydrogen-bond acceptors (Lipinski definition) is 3. The lowest BCUT2D eigenvalue weighted by Crippen LogP contribution is -2.36. The average Bonchev–Trinajstić information content (AvgIpc) is 3.13. The van der Waals surface area contributed by atoms with Crippen molar-refractivity contribution >= 4 is 5.91 Å². The van der Waals surface area contributed by atoms with E-state index in [0.29, 0.717) is 17.5 Å². The number of hydrogen-bond donors (Lipinski definition) is 2. The molecule has 1 aliphatic rings. The van der Waals surface area contributed by atoms with Gasteiger partial charge in [0, 0.05) is 13.2 Å². The summed E-state index contributed by atoms with van der Waals surface area (Å²) >= 11 is 0. The maximum absolute atomic E-state index is 12.6. The third-order valence-electron chi connectivity index (χ3n) is 4.85. The molecule has 124 valence electrons. The molecule has 2 N–H and O–H groups in total. The number of nitrogens with one attached hydrogen (secondary N) is 2. The van der Waals surface area contributed by atoms with Crippen LogP contribution >= 0.6 is 0 Å². The molecule has 0 aromatic carbocycles. The molecule has 0 aliphatic heterocycles. The van der Waals surface area contributed by atoms with Gasteiger partial charge in [0.05, 0.1) is 17.9 Å². The molecular weight excluding hydrogens is 290 g/mol. The lowest BCUT2D eigenvalue weighted by atomic mass is 9.78. The fraction of sp³-hybridized carbons (Fsp3) is 0.588. The van der Waals surface area contributed by atoms with Crippen LogP contribution in [0.25, 0.3) is 0 Å². The second-order valence-corrected chi connectivity index (χ2v) is 6.75. The van der Waals surface area contributed by atoms with Crippen LogP contribution in [0.15, 0.2) is 18.5 Å². The number of aromatic amines is 1. The Morgan fingerprint density at radius 2 is 2.30 bits per heavy atom. The first-order valence-corrected chi connectivity index (χ1v) is 8.35. The van der Waals surface area contributed by atoms with Crippen molar-refractivity contribution in [1.29, 1.82) is 0 Å². The van der Waals surface area contributed by atoms with Crippen LogP contribution in [-0.2, 0) is 7.05 Å². The van der Waals surface area contributed by atoms with Gasteiger partial charge in [0.1, 0.15) is 11.5 Å². The molecule has 0 radical (unpaired) electrons. The van der Waals surface area contributed by atoms with Crippen LogP contribution in [0.5, 0.6) is 0 Å². The van der Waals surface area contributed by atoms with E-state index in [9.17, 15) is 4.79 Å². The quantitative estimate of drug-likeness (QED) is 0.911. The van der Waals surface area contributed by atoms with E-state index in [-0.39, 0.29) is 11.9 Å². The smallest absolute Gasteiger partial charge is 0.270 e. The van der Waals surface area contributed by atoms with Crippen LogP contribution in [0.1, 0.15) is 60.7 Å². The minimum atomic E-state index is -0.0829. The van der Waals surface area contributed by atoms with Gasteiger partial charge in [-0.3, -0.25) is 9.48 Å². The van der Waals surface area contributed by atoms with Crippen molar-refractivity contribution in [1.82, 2.24) is 25.1 Å². The third-order valence-corrected chi connectivity index (χ3v) is 4.85. The van der Waals surface area contributed by atoms with E-state index in [0.717, 1.165) is 24.4 Å². The summed E-state index contributed by atoms with van der Waals surface area (Å²) in [6.45, 7) is 4.23. The Morgan fingerprint density at radius 3 is 2.91 bits per heavy atom. The number of amides is 1. The third kappa shape index (κ3) is 3.46. The van der Waals surface area contributed by atoms with Gasteiger partial charge in [0.15, 0.2) is 0 Å². The molecular formula is C17H25N5O. The van der Waals surface area contributed by atoms with Gasteiger partial charge in [0.2, 0.25) is 0 Å². The number of rotatable bonds is 4. The number of aromatic nitrogens is 4. The number of imidazole rings is 1. The summed E-state index contributed by atoms with van der Waals surface area (Å²) in [6, 6.07) is 1.72. The molecule has 23 heavy (non-hydrogen) atoms. The van der Waals surface area contributed by atoms with Crippen molar-refractivity contribution in [2.24, 2.45) is 18.9 Å². The average molecular weight is 315 g/mol. The van der Waals surface area contributed by atoms with Gasteiger partial charge in [-0.15, -0.1) is 0 Å². The van der Waals surface area contributed by atoms with Crippen LogP contribution in [0.3, 0.4) is 0 Å². The summed E-state index contributed by atoms with van der Waals surface area (Å²) in [7, 11) is 1.78. The van der Waals surface area contributed by atoms with E-state index >= 15 is 0 Å². The normalized spacial score (nSPS) is 22.7. The zero-order valence-electron chi connectivity index (χ0n) is 14.0. The lowest BCUT2D eigenvalue weighted by Gasteiger charge is -2.33. The second kappa shape index (κ2) is 6.56. The first kappa shape index (κ1) is 15.8. The fourth-order valence-electron chi connectivity index (χ4n) is 3.64. The zero-order valence-corrected chi connectivity index (χ0v) is 14.0. The first-order valence-electron chi connectivity index (χ1n) is 8.35. The van der Waals surface area contributed by atoms with E-state index < -0.39 is 0 Å². The highest BCUT2D eigenvalue weighted by Crippen LogP contribution is 2.36. The maximum atomic E-state index is 12.6. The largest absolute Gasteiger partial charge is 0.344 e. The molecule has 1 fully saturated rings. The van der Waals surface area contributed by atoms with Crippen LogP contribution in [0, 0.1) is 18.8 Å². The number of aryl methyl sites for hydroxylation is 2. The number of nitrogens with zero attached hydrogens (tertiary/aromatic N) is 3. The molecule has 3 rings (SSSR count). The lowest BCUT2D eigenvalue weighted by molar-refractivity contribution is 0.0894. The Kier molecular flexibility index (Phi) is 4.50. The Labute approximate surface area is 136 Å². The Hall–Kier alpha value is -2.11. The van der Waals surface area contributed by atoms with E-state index in [1.807, 2.05) is 13.1 Å². The predicted molar refractivity (Wildman–Crippen MR) is 87.9 cm³/mol. The summed E-state index contributed by atoms with van der Waals surface area (Å²) in [6.07, 6.45) is 8.26. The van der Waals surface area contributed by atoms with Gasteiger partial charge in [-0.1, -0.05) is 19.8 Å². The molecule has 1 saturated carbocycles. The standard InChI is InChI=1S/C17H25N5O/c1-11-5-4-6-13(9-11)16(14-10-18-12(2)20-14)21-17(23)15-7-8-19-22(15)3/h7-8,10-11,13,16H,4-6,9H2,1-3H3,(H,18,20)(H,21,23)/t11?,13-,16?/m0/s1. The van der Waals surface area contributed by atoms with Crippen molar-refractivity contribution in [3.63, 3.8) is 0 Å². The van der Waals surface area contributed by atoms with E-state index in [4.69, 9.17) is 0 Å². The first-order chi connectivity index (χ1) is 11.0. The molecule has 2 unspecified atom stereocenters. The predicted octanol–water partition coefficient (Wildman–Crippen LogP) is 2.75. The summed E-state index contributed by atoms with van der Waals surface area (Å²) in [4.78, 5) is 20.3. The number of carbonyl (C=O) groups is 1. The van der Waals surface area contributed by atoms with Gasteiger partial charge < -0.3 is 10.3 Å². The van der Waals surface area contributed by atoms with Crippen LogP contribution < -0.4 is 5.32 Å². The molecule has 0 spiro atoms. The minimum Gasteiger partial charge on any atom is -0.344 e. The highest BCUT2D eigenvalue weighted by Gasteiger charge is 2.30. The van der Waals surface area contributed by atoms with Gasteiger partial charge in [-0.05, 0) is 37.7 Å². The molecule has 1 amide bonds. The minimum absolute atomic E-state index is 0.0265. The summed E-state index contributed by atoms with van der Waals surface area (Å²) in [5.41, 5.74) is 1.58. The van der Waals surface area contributed by atoms with Gasteiger partial charge in [0.25, 0.3) is 5.91 Å². The monoisotopic (exact) mass is 315 g/mol. The summed E-state index contributed by atoms with van der Waals surface area (Å²) in [5.74, 6) is 1.94. The van der Waals surface area contributed by atoms with Gasteiger partial charge in [-0.2, -0.15) is 5.10 Å². The van der Waals surface area contributed by atoms with E-state index in [2.05, 4.69) is 27.3 Å². The van der Waals surface area contributed by atoms with Crippen LogP contribution in [0.2, 0.25) is 0 Å². The Balaban J connectivity index is 1.83. The van der Waals surface area contributed by atoms with Crippen LogP contribution in [-0.4, -0.2) is 25.7 Å². The number of carbonyl (C=O) groups excluding carboxylic acids is 1. The molecule has 0 bridgehead atoms. The van der Waals surface area contributed by atoms with E-state index in [1.165, 1.54) is 12.8 Å². The molecule has 2 aromatic rings. The second-order valence-electron chi connectivity index (χ2n) is 6.75. The topological polar surface area (TPSA) is 75.6 Å². The van der Waals surface area contributed by atoms with Crippen LogP contribution in [0.4, 0.5) is 0 Å². The zero-order chi connectivity index (χ0) is 16.4. The van der Waals surface area contributed by atoms with Crippen molar-refractivity contribution in [3.8, 4) is 0 Å². The maximum Gasteiger partial charge on any atom is 0.270 e. The van der Waals surface area contributed by atoms with Gasteiger partial charge >= 0.3 is 0 Å². The SMILES string of the molecule is Cc1ncc(C(NC(=O)c2ccnn2C)[C@H]2CCCC(C)C2)[nH]1. The van der Waals surface area contributed by atoms with Crippen molar-refractivity contribution in [2.75, 3.05) is 0 Å². The molecule has 2 aromatic heterocycles. The van der Waals surface area contributed by atoms with Crippen molar-refractivity contribution < 1.29 is 4.79 Å². The highest BCUT2D eigenvalue weighted by atomic mass is 16.2. The fourth-order valence-corrected chi connectivity index (χ4v) is 3.64. The molecule has 2 heterocycles. The summed E-state index contributed by atoms with van der Waals surface area (Å²) in [5, 5.41) is 7.29. The molecule has 6 nitrogen and oxygen atoms in total. The van der Waals surface area contributed by atoms with Crippen molar-refractivity contribution in [3.05, 3.63) is 35.7 Å². The molecule has 6 heteroatoms.